The molecule has 2 saturated heterocycles. The van der Waals surface area contributed by atoms with E-state index < -0.39 is 0 Å². The maximum Gasteiger partial charge on any atom is 0.292 e. The molecule has 2 aromatic carbocycles. The average molecular weight is 385 g/mol. The second-order valence-corrected chi connectivity index (χ2v) is 7.67. The van der Waals surface area contributed by atoms with Crippen LogP contribution >= 0.6 is 11.6 Å². The fourth-order valence-electron chi connectivity index (χ4n) is 4.11. The van der Waals surface area contributed by atoms with Crippen molar-refractivity contribution < 1.29 is 14.5 Å². The number of halogens is 1. The molecular formula is C21H23ClN3O2+. The van der Waals surface area contributed by atoms with Gasteiger partial charge in [-0.2, -0.15) is 0 Å². The summed E-state index contributed by atoms with van der Waals surface area (Å²) in [5.74, 6) is -0.176. The van der Waals surface area contributed by atoms with E-state index >= 15 is 0 Å². The molecule has 2 amide bonds. The Labute approximate surface area is 164 Å². The van der Waals surface area contributed by atoms with Gasteiger partial charge in [-0.05, 0) is 36.8 Å². The summed E-state index contributed by atoms with van der Waals surface area (Å²) in [7, 11) is 0. The number of para-hydroxylation sites is 1. The molecule has 0 aromatic heterocycles. The van der Waals surface area contributed by atoms with Crippen molar-refractivity contribution in [3.05, 3.63) is 59.1 Å². The number of anilines is 2. The normalized spacial score (nSPS) is 21.2. The number of carbonyl (C=O) groups is 2. The van der Waals surface area contributed by atoms with Gasteiger partial charge in [0.05, 0.1) is 38.3 Å². The maximum atomic E-state index is 12.9. The molecule has 0 radical (unpaired) electrons. The molecule has 5 nitrogen and oxygen atoms in total. The Morgan fingerprint density at radius 3 is 2.44 bits per heavy atom. The van der Waals surface area contributed by atoms with Crippen molar-refractivity contribution >= 4 is 34.8 Å². The zero-order chi connectivity index (χ0) is 19.0. The Bertz CT molecular complexity index is 863. The van der Waals surface area contributed by atoms with Crippen LogP contribution in [0.15, 0.2) is 48.5 Å². The molecule has 140 valence electrons. The maximum absolute atomic E-state index is 12.9. The first-order valence-corrected chi connectivity index (χ1v) is 9.70. The fourth-order valence-corrected chi connectivity index (χ4v) is 4.27. The van der Waals surface area contributed by atoms with E-state index in [-0.39, 0.29) is 17.9 Å². The minimum absolute atomic E-state index is 0.0754. The van der Waals surface area contributed by atoms with Crippen molar-refractivity contribution in [1.82, 2.24) is 0 Å². The van der Waals surface area contributed by atoms with E-state index in [9.17, 15) is 9.59 Å². The fraction of sp³-hybridized carbons (Fsp3) is 0.333. The lowest BCUT2D eigenvalue weighted by molar-refractivity contribution is -0.915. The van der Waals surface area contributed by atoms with Crippen LogP contribution in [0.2, 0.25) is 5.02 Å². The lowest BCUT2D eigenvalue weighted by Crippen LogP contribution is -3.19. The van der Waals surface area contributed by atoms with Gasteiger partial charge in [0.1, 0.15) is 0 Å². The van der Waals surface area contributed by atoms with E-state index in [1.54, 1.807) is 0 Å². The van der Waals surface area contributed by atoms with E-state index in [2.05, 4.69) is 11.8 Å². The molecule has 27 heavy (non-hydrogen) atoms. The van der Waals surface area contributed by atoms with Crippen molar-refractivity contribution in [2.45, 2.75) is 19.4 Å². The van der Waals surface area contributed by atoms with Gasteiger partial charge in [-0.3, -0.25) is 9.59 Å². The molecule has 0 saturated carbocycles. The smallest absolute Gasteiger partial charge is 0.292 e. The predicted molar refractivity (Wildman–Crippen MR) is 106 cm³/mol. The van der Waals surface area contributed by atoms with Crippen molar-refractivity contribution in [2.75, 3.05) is 36.0 Å². The third-order valence-corrected chi connectivity index (χ3v) is 5.81. The Balaban J connectivity index is 1.45. The van der Waals surface area contributed by atoms with Crippen LogP contribution in [-0.2, 0) is 9.59 Å². The molecule has 2 aromatic rings. The molecule has 6 heteroatoms. The van der Waals surface area contributed by atoms with Gasteiger partial charge >= 0.3 is 0 Å². The van der Waals surface area contributed by atoms with Crippen molar-refractivity contribution in [2.24, 2.45) is 0 Å². The van der Waals surface area contributed by atoms with Gasteiger partial charge in [-0.15, -0.1) is 0 Å². The Hall–Kier alpha value is -2.37. The second kappa shape index (κ2) is 7.33. The third kappa shape index (κ3) is 3.45. The topological polar surface area (TPSA) is 45.1 Å². The SMILES string of the molecule is Cc1ccc(Cl)cc1N1CC[NH+]([C@@H]2CC(=O)N(c3ccccc3)C2=O)CC1. The van der Waals surface area contributed by atoms with E-state index in [1.807, 2.05) is 48.5 Å². The lowest BCUT2D eigenvalue weighted by Gasteiger charge is -2.36. The number of nitrogens with one attached hydrogen (secondary N) is 1. The standard InChI is InChI=1S/C21H22ClN3O2/c1-15-7-8-16(22)13-18(15)23-9-11-24(12-10-23)19-14-20(26)25(21(19)27)17-5-3-2-4-6-17/h2-8,13,19H,9-12,14H2,1H3/p+1/t19-/m1/s1. The van der Waals surface area contributed by atoms with Crippen LogP contribution in [0.1, 0.15) is 12.0 Å². The Morgan fingerprint density at radius 1 is 1.04 bits per heavy atom. The van der Waals surface area contributed by atoms with Crippen LogP contribution < -0.4 is 14.7 Å². The number of benzene rings is 2. The first-order valence-electron chi connectivity index (χ1n) is 9.32. The summed E-state index contributed by atoms with van der Waals surface area (Å²) < 4.78 is 0. The molecule has 0 aliphatic carbocycles. The van der Waals surface area contributed by atoms with Crippen LogP contribution in [0, 0.1) is 6.92 Å². The summed E-state index contributed by atoms with van der Waals surface area (Å²) in [4.78, 5) is 30.3. The average Bonchev–Trinajstić information content (AvgIpc) is 2.99. The molecule has 4 rings (SSSR count). The zero-order valence-electron chi connectivity index (χ0n) is 15.3. The van der Waals surface area contributed by atoms with E-state index in [4.69, 9.17) is 11.6 Å². The van der Waals surface area contributed by atoms with Gasteiger partial charge in [0, 0.05) is 10.7 Å². The van der Waals surface area contributed by atoms with Crippen LogP contribution in [0.4, 0.5) is 11.4 Å². The molecular weight excluding hydrogens is 362 g/mol. The minimum atomic E-state index is -0.277. The predicted octanol–water partition coefficient (Wildman–Crippen LogP) is 1.69. The summed E-state index contributed by atoms with van der Waals surface area (Å²) >= 11 is 6.16. The van der Waals surface area contributed by atoms with Crippen molar-refractivity contribution in [1.29, 1.82) is 0 Å². The number of hydrogen-bond donors (Lipinski definition) is 1. The van der Waals surface area contributed by atoms with E-state index in [1.165, 1.54) is 15.4 Å². The molecule has 2 heterocycles. The summed E-state index contributed by atoms with van der Waals surface area (Å²) in [5.41, 5.74) is 3.02. The summed E-state index contributed by atoms with van der Waals surface area (Å²) in [5, 5.41) is 0.737. The minimum Gasteiger partial charge on any atom is -0.360 e. The van der Waals surface area contributed by atoms with Crippen molar-refractivity contribution in [3.63, 3.8) is 0 Å². The van der Waals surface area contributed by atoms with Gasteiger partial charge < -0.3 is 9.80 Å². The highest BCUT2D eigenvalue weighted by Crippen LogP contribution is 2.25. The quantitative estimate of drug-likeness (QED) is 0.819. The molecule has 0 unspecified atom stereocenters. The monoisotopic (exact) mass is 384 g/mol. The number of quaternary nitrogens is 1. The zero-order valence-corrected chi connectivity index (χ0v) is 16.1. The number of piperazine rings is 1. The number of carbonyl (C=O) groups excluding carboxylic acids is 2. The number of aryl methyl sites for hydroxylation is 1. The molecule has 0 spiro atoms. The highest BCUT2D eigenvalue weighted by molar-refractivity contribution is 6.30. The number of hydrogen-bond acceptors (Lipinski definition) is 3. The van der Waals surface area contributed by atoms with Gasteiger partial charge in [0.2, 0.25) is 5.91 Å². The van der Waals surface area contributed by atoms with E-state index in [0.29, 0.717) is 12.1 Å². The summed E-state index contributed by atoms with van der Waals surface area (Å²) in [6, 6.07) is 14.9. The summed E-state index contributed by atoms with van der Waals surface area (Å²) in [6.45, 7) is 5.44. The van der Waals surface area contributed by atoms with Crippen LogP contribution in [0.25, 0.3) is 0 Å². The Kier molecular flexibility index (Phi) is 4.89. The molecule has 0 bridgehead atoms. The lowest BCUT2D eigenvalue weighted by atomic mass is 10.1. The molecule has 1 atom stereocenters. The van der Waals surface area contributed by atoms with Crippen LogP contribution in [-0.4, -0.2) is 44.0 Å². The number of rotatable bonds is 3. The van der Waals surface area contributed by atoms with Crippen molar-refractivity contribution in [3.8, 4) is 0 Å². The molecule has 2 fully saturated rings. The van der Waals surface area contributed by atoms with Gasteiger partial charge in [0.25, 0.3) is 5.91 Å². The molecule has 2 aliphatic rings. The highest BCUT2D eigenvalue weighted by Gasteiger charge is 2.46. The summed E-state index contributed by atoms with van der Waals surface area (Å²) in [6.07, 6.45) is 0.291. The largest absolute Gasteiger partial charge is 0.360 e. The van der Waals surface area contributed by atoms with E-state index in [0.717, 1.165) is 36.9 Å². The molecule has 2 aliphatic heterocycles. The number of imide groups is 1. The first-order chi connectivity index (χ1) is 13.0. The first kappa shape index (κ1) is 18.0. The Morgan fingerprint density at radius 2 is 1.74 bits per heavy atom. The number of amides is 2. The van der Waals surface area contributed by atoms with Crippen LogP contribution in [0.3, 0.4) is 0 Å². The second-order valence-electron chi connectivity index (χ2n) is 7.24. The highest BCUT2D eigenvalue weighted by atomic mass is 35.5. The third-order valence-electron chi connectivity index (χ3n) is 5.57. The van der Waals surface area contributed by atoms with Gasteiger partial charge in [-0.25, -0.2) is 4.90 Å². The van der Waals surface area contributed by atoms with Crippen LogP contribution in [0.5, 0.6) is 0 Å². The molecule has 1 N–H and O–H groups in total. The number of nitrogens with zero attached hydrogens (tertiary/aromatic N) is 2. The van der Waals surface area contributed by atoms with Gasteiger partial charge in [0.15, 0.2) is 6.04 Å². The van der Waals surface area contributed by atoms with Gasteiger partial charge in [-0.1, -0.05) is 35.9 Å².